The highest BCUT2D eigenvalue weighted by Gasteiger charge is 2.29. The van der Waals surface area contributed by atoms with E-state index in [1.54, 1.807) is 24.0 Å². The van der Waals surface area contributed by atoms with Gasteiger partial charge in [-0.2, -0.15) is 4.72 Å². The van der Waals surface area contributed by atoms with Crippen LogP contribution in [0.2, 0.25) is 0 Å². The van der Waals surface area contributed by atoms with E-state index in [1.807, 2.05) is 38.1 Å². The summed E-state index contributed by atoms with van der Waals surface area (Å²) in [7, 11) is -3.93. The number of anilines is 2. The molecular weight excluding hydrogens is 438 g/mol. The number of nitrogens with zero attached hydrogens (tertiary/aromatic N) is 1. The lowest BCUT2D eigenvalue weighted by Crippen LogP contribution is -2.44. The molecule has 1 aliphatic heterocycles. The van der Waals surface area contributed by atoms with E-state index < -0.39 is 22.0 Å². The number of benzene rings is 2. The van der Waals surface area contributed by atoms with Crippen LogP contribution in [0.25, 0.3) is 0 Å². The molecule has 1 aliphatic rings. The number of rotatable bonds is 9. The number of hydrogen-bond acceptors (Lipinski definition) is 4. The molecule has 2 aromatic carbocycles. The number of fused-ring (bicyclic) bond motifs is 1. The van der Waals surface area contributed by atoms with Crippen LogP contribution in [0.1, 0.15) is 51.7 Å². The summed E-state index contributed by atoms with van der Waals surface area (Å²) in [5, 5.41) is 2.83. The Morgan fingerprint density at radius 2 is 1.76 bits per heavy atom. The minimum absolute atomic E-state index is 0.0168. The average molecular weight is 472 g/mol. The van der Waals surface area contributed by atoms with Crippen LogP contribution in [0.4, 0.5) is 11.4 Å². The Morgan fingerprint density at radius 1 is 1.06 bits per heavy atom. The summed E-state index contributed by atoms with van der Waals surface area (Å²) in [5.74, 6) is -0.264. The van der Waals surface area contributed by atoms with Crippen LogP contribution in [0.5, 0.6) is 0 Å². The Balaban J connectivity index is 1.79. The fourth-order valence-corrected chi connectivity index (χ4v) is 5.24. The van der Waals surface area contributed by atoms with Gasteiger partial charge in [-0.1, -0.05) is 39.8 Å². The molecule has 178 valence electrons. The SMILES string of the molecule is CCC(=O)N1CCc2cc(S(=O)(=O)N[C@H](CC(C)C)C(=O)Nc3ccc(CC)cc3)ccc21. The molecule has 1 heterocycles. The summed E-state index contributed by atoms with van der Waals surface area (Å²) < 4.78 is 28.9. The molecule has 0 radical (unpaired) electrons. The quantitative estimate of drug-likeness (QED) is 0.580. The van der Waals surface area contributed by atoms with Crippen molar-refractivity contribution >= 4 is 33.2 Å². The molecular formula is C25H33N3O4S. The molecule has 1 atom stereocenters. The molecule has 2 amide bonds. The van der Waals surface area contributed by atoms with E-state index in [0.717, 1.165) is 23.2 Å². The largest absolute Gasteiger partial charge is 0.325 e. The van der Waals surface area contributed by atoms with Crippen LogP contribution in [0, 0.1) is 5.92 Å². The monoisotopic (exact) mass is 471 g/mol. The van der Waals surface area contributed by atoms with E-state index in [2.05, 4.69) is 17.0 Å². The van der Waals surface area contributed by atoms with Crippen molar-refractivity contribution in [1.29, 1.82) is 0 Å². The fourth-order valence-electron chi connectivity index (χ4n) is 3.98. The van der Waals surface area contributed by atoms with Crippen molar-refractivity contribution in [3.05, 3.63) is 53.6 Å². The number of nitrogens with one attached hydrogen (secondary N) is 2. The van der Waals surface area contributed by atoms with Crippen molar-refractivity contribution in [2.45, 2.75) is 64.3 Å². The topological polar surface area (TPSA) is 95.6 Å². The molecule has 0 bridgehead atoms. The predicted octanol–water partition coefficient (Wildman–Crippen LogP) is 3.88. The number of amides is 2. The summed E-state index contributed by atoms with van der Waals surface area (Å²) in [6, 6.07) is 11.4. The highest BCUT2D eigenvalue weighted by Crippen LogP contribution is 2.31. The van der Waals surface area contributed by atoms with Crippen molar-refractivity contribution in [1.82, 2.24) is 4.72 Å². The number of carbonyl (C=O) groups excluding carboxylic acids is 2. The highest BCUT2D eigenvalue weighted by molar-refractivity contribution is 7.89. The van der Waals surface area contributed by atoms with Crippen LogP contribution in [-0.2, 0) is 32.5 Å². The molecule has 0 aliphatic carbocycles. The second-order valence-corrected chi connectivity index (χ2v) is 10.5. The van der Waals surface area contributed by atoms with Crippen LogP contribution in [-0.4, -0.2) is 32.8 Å². The molecule has 0 saturated carbocycles. The predicted molar refractivity (Wildman–Crippen MR) is 131 cm³/mol. The Kier molecular flexibility index (Phi) is 7.92. The van der Waals surface area contributed by atoms with Gasteiger partial charge in [0.1, 0.15) is 6.04 Å². The van der Waals surface area contributed by atoms with Crippen molar-refractivity contribution in [2.75, 3.05) is 16.8 Å². The number of sulfonamides is 1. The Labute approximate surface area is 196 Å². The van der Waals surface area contributed by atoms with E-state index in [9.17, 15) is 18.0 Å². The molecule has 0 saturated heterocycles. The molecule has 0 aromatic heterocycles. The lowest BCUT2D eigenvalue weighted by molar-refractivity contribution is -0.118. The van der Waals surface area contributed by atoms with E-state index in [4.69, 9.17) is 0 Å². The molecule has 2 N–H and O–H groups in total. The lowest BCUT2D eigenvalue weighted by atomic mass is 10.0. The maximum atomic E-state index is 13.2. The first kappa shape index (κ1) is 24.9. The molecule has 0 spiro atoms. The van der Waals surface area contributed by atoms with Crippen LogP contribution >= 0.6 is 0 Å². The molecule has 8 heteroatoms. The van der Waals surface area contributed by atoms with Crippen molar-refractivity contribution in [2.24, 2.45) is 5.92 Å². The standard InChI is InChI=1S/C25H33N3O4S/c1-5-18-7-9-20(10-8-18)26-25(30)22(15-17(3)4)27-33(31,32)21-11-12-23-19(16-21)13-14-28(23)24(29)6-2/h7-12,16-17,22,27H,5-6,13-15H2,1-4H3,(H,26,30)/t22-/m1/s1. The van der Waals surface area contributed by atoms with Gasteiger partial charge in [-0.05, 0) is 66.6 Å². The maximum absolute atomic E-state index is 13.2. The number of aryl methyl sites for hydroxylation is 1. The summed E-state index contributed by atoms with van der Waals surface area (Å²) in [6.07, 6.45) is 2.26. The Hall–Kier alpha value is -2.71. The Bertz CT molecular complexity index is 1110. The molecule has 0 fully saturated rings. The van der Waals surface area contributed by atoms with Gasteiger partial charge in [0.25, 0.3) is 0 Å². The van der Waals surface area contributed by atoms with E-state index in [-0.39, 0.29) is 16.7 Å². The van der Waals surface area contributed by atoms with Crippen molar-refractivity contribution < 1.29 is 18.0 Å². The minimum Gasteiger partial charge on any atom is -0.325 e. The zero-order valence-corrected chi connectivity index (χ0v) is 20.5. The van der Waals surface area contributed by atoms with Gasteiger partial charge in [0.15, 0.2) is 0 Å². The van der Waals surface area contributed by atoms with E-state index in [0.29, 0.717) is 31.5 Å². The summed E-state index contributed by atoms with van der Waals surface area (Å²) in [5.41, 5.74) is 3.36. The second-order valence-electron chi connectivity index (χ2n) is 8.78. The van der Waals surface area contributed by atoms with Gasteiger partial charge in [0, 0.05) is 24.3 Å². The van der Waals surface area contributed by atoms with Gasteiger partial charge < -0.3 is 10.2 Å². The van der Waals surface area contributed by atoms with Crippen molar-refractivity contribution in [3.63, 3.8) is 0 Å². The van der Waals surface area contributed by atoms with Crippen LogP contribution in [0.15, 0.2) is 47.4 Å². The number of hydrogen-bond donors (Lipinski definition) is 2. The van der Waals surface area contributed by atoms with Crippen LogP contribution in [0.3, 0.4) is 0 Å². The minimum atomic E-state index is -3.93. The maximum Gasteiger partial charge on any atom is 0.242 e. The van der Waals surface area contributed by atoms with Gasteiger partial charge in [-0.3, -0.25) is 9.59 Å². The first-order valence-corrected chi connectivity index (χ1v) is 13.0. The average Bonchev–Trinajstić information content (AvgIpc) is 3.21. The second kappa shape index (κ2) is 10.5. The molecule has 0 unspecified atom stereocenters. The highest BCUT2D eigenvalue weighted by atomic mass is 32.2. The third-order valence-corrected chi connectivity index (χ3v) is 7.28. The van der Waals surface area contributed by atoms with Gasteiger partial charge in [0.2, 0.25) is 21.8 Å². The first-order valence-electron chi connectivity index (χ1n) is 11.5. The lowest BCUT2D eigenvalue weighted by Gasteiger charge is -2.21. The van der Waals surface area contributed by atoms with Gasteiger partial charge in [-0.25, -0.2) is 8.42 Å². The van der Waals surface area contributed by atoms with Crippen molar-refractivity contribution in [3.8, 4) is 0 Å². The normalized spacial score (nSPS) is 14.3. The fraction of sp³-hybridized carbons (Fsp3) is 0.440. The number of carbonyl (C=O) groups is 2. The first-order chi connectivity index (χ1) is 15.6. The van der Waals surface area contributed by atoms with Crippen LogP contribution < -0.4 is 14.9 Å². The molecule has 33 heavy (non-hydrogen) atoms. The smallest absolute Gasteiger partial charge is 0.242 e. The van der Waals surface area contributed by atoms with E-state index >= 15 is 0 Å². The molecule has 2 aromatic rings. The zero-order valence-electron chi connectivity index (χ0n) is 19.7. The van der Waals surface area contributed by atoms with Gasteiger partial charge in [0.05, 0.1) is 4.90 Å². The third-order valence-electron chi connectivity index (χ3n) is 5.81. The zero-order chi connectivity index (χ0) is 24.2. The third kappa shape index (κ3) is 6.00. The van der Waals surface area contributed by atoms with Gasteiger partial charge >= 0.3 is 0 Å². The summed E-state index contributed by atoms with van der Waals surface area (Å²) >= 11 is 0. The Morgan fingerprint density at radius 3 is 2.36 bits per heavy atom. The summed E-state index contributed by atoms with van der Waals surface area (Å²) in [6.45, 7) is 8.30. The summed E-state index contributed by atoms with van der Waals surface area (Å²) in [4.78, 5) is 26.9. The van der Waals surface area contributed by atoms with Gasteiger partial charge in [-0.15, -0.1) is 0 Å². The molecule has 3 rings (SSSR count). The molecule has 7 nitrogen and oxygen atoms in total. The van der Waals surface area contributed by atoms with E-state index in [1.165, 1.54) is 6.07 Å².